The normalized spacial score (nSPS) is 9.18. The van der Waals surface area contributed by atoms with Gasteiger partial charge in [0.05, 0.1) is 11.5 Å². The fourth-order valence-electron chi connectivity index (χ4n) is 0.424. The molecule has 58 valence electrons. The molecule has 0 aromatic carbocycles. The molecule has 11 heavy (non-hydrogen) atoms. The van der Waals surface area contributed by atoms with Crippen molar-refractivity contribution >= 4 is 11.8 Å². The van der Waals surface area contributed by atoms with Gasteiger partial charge in [0.15, 0.2) is 0 Å². The Morgan fingerprint density at radius 3 is 2.73 bits per heavy atom. The number of thioether (sulfide) groups is 1. The second-order valence-electron chi connectivity index (χ2n) is 1.58. The van der Waals surface area contributed by atoms with Crippen molar-refractivity contribution in [2.24, 2.45) is 0 Å². The van der Waals surface area contributed by atoms with Gasteiger partial charge in [-0.05, 0) is 37.0 Å². The van der Waals surface area contributed by atoms with Gasteiger partial charge >= 0.3 is 0 Å². The SMILES string of the molecule is CC#CC#C/C(=C/CO)SC. The molecule has 0 bridgehead atoms. The van der Waals surface area contributed by atoms with Crippen molar-refractivity contribution in [1.82, 2.24) is 0 Å². The molecule has 0 heterocycles. The summed E-state index contributed by atoms with van der Waals surface area (Å²) in [6.45, 7) is 1.77. The largest absolute Gasteiger partial charge is 0.392 e. The molecule has 0 aliphatic heterocycles. The molecule has 1 N–H and O–H groups in total. The van der Waals surface area contributed by atoms with Crippen molar-refractivity contribution in [3.8, 4) is 23.7 Å². The van der Waals surface area contributed by atoms with E-state index in [1.165, 1.54) is 11.8 Å². The van der Waals surface area contributed by atoms with E-state index in [4.69, 9.17) is 5.11 Å². The van der Waals surface area contributed by atoms with Crippen LogP contribution in [-0.2, 0) is 0 Å². The van der Waals surface area contributed by atoms with E-state index in [1.54, 1.807) is 13.0 Å². The van der Waals surface area contributed by atoms with Crippen LogP contribution in [0.25, 0.3) is 0 Å². The Hall–Kier alpha value is -0.830. The second kappa shape index (κ2) is 7.28. The van der Waals surface area contributed by atoms with Gasteiger partial charge in [-0.1, -0.05) is 5.92 Å². The first-order chi connectivity index (χ1) is 5.35. The lowest BCUT2D eigenvalue weighted by molar-refractivity contribution is 0.342. The summed E-state index contributed by atoms with van der Waals surface area (Å²) in [5, 5.41) is 8.53. The fourth-order valence-corrected chi connectivity index (χ4v) is 0.818. The van der Waals surface area contributed by atoms with Crippen molar-refractivity contribution in [2.45, 2.75) is 6.92 Å². The third-order valence-electron chi connectivity index (χ3n) is 0.870. The van der Waals surface area contributed by atoms with Crippen molar-refractivity contribution in [2.75, 3.05) is 12.9 Å². The maximum Gasteiger partial charge on any atom is 0.0632 e. The van der Waals surface area contributed by atoms with E-state index < -0.39 is 0 Å². The van der Waals surface area contributed by atoms with E-state index in [0.717, 1.165) is 4.91 Å². The highest BCUT2D eigenvalue weighted by atomic mass is 32.2. The maximum absolute atomic E-state index is 8.53. The zero-order valence-electron chi connectivity index (χ0n) is 6.64. The summed E-state index contributed by atoms with van der Waals surface area (Å²) in [4.78, 5) is 0.857. The van der Waals surface area contributed by atoms with Gasteiger partial charge in [-0.15, -0.1) is 11.8 Å². The first-order valence-corrected chi connectivity index (χ1v) is 4.35. The van der Waals surface area contributed by atoms with Gasteiger partial charge in [0.25, 0.3) is 0 Å². The van der Waals surface area contributed by atoms with Crippen LogP contribution in [0.15, 0.2) is 11.0 Å². The van der Waals surface area contributed by atoms with Crippen LogP contribution in [0.2, 0.25) is 0 Å². The number of rotatable bonds is 2. The van der Waals surface area contributed by atoms with Crippen LogP contribution in [0.3, 0.4) is 0 Å². The summed E-state index contributed by atoms with van der Waals surface area (Å²) in [7, 11) is 0. The first kappa shape index (κ1) is 10.2. The van der Waals surface area contributed by atoms with Gasteiger partial charge in [0.2, 0.25) is 0 Å². The van der Waals surface area contributed by atoms with Crippen molar-refractivity contribution < 1.29 is 5.11 Å². The van der Waals surface area contributed by atoms with Crippen molar-refractivity contribution in [3.63, 3.8) is 0 Å². The molecule has 2 heteroatoms. The number of aliphatic hydroxyl groups excluding tert-OH is 1. The predicted molar refractivity (Wildman–Crippen MR) is 49.9 cm³/mol. The maximum atomic E-state index is 8.53. The summed E-state index contributed by atoms with van der Waals surface area (Å²) in [6.07, 6.45) is 3.57. The van der Waals surface area contributed by atoms with E-state index in [0.29, 0.717) is 0 Å². The minimum atomic E-state index is 0.0321. The quantitative estimate of drug-likeness (QED) is 0.623. The van der Waals surface area contributed by atoms with Crippen LogP contribution in [0.5, 0.6) is 0 Å². The Morgan fingerprint density at radius 1 is 1.55 bits per heavy atom. The van der Waals surface area contributed by atoms with Gasteiger partial charge in [-0.25, -0.2) is 0 Å². The van der Waals surface area contributed by atoms with Gasteiger partial charge < -0.3 is 5.11 Å². The van der Waals surface area contributed by atoms with Gasteiger partial charge in [0, 0.05) is 0 Å². The highest BCUT2D eigenvalue weighted by Crippen LogP contribution is 2.08. The summed E-state index contributed by atoms with van der Waals surface area (Å²) >= 11 is 1.50. The molecular weight excluding hydrogens is 156 g/mol. The average molecular weight is 166 g/mol. The third kappa shape index (κ3) is 5.61. The minimum Gasteiger partial charge on any atom is -0.392 e. The molecule has 0 amide bonds. The predicted octanol–water partition coefficient (Wildman–Crippen LogP) is 1.25. The number of hydrogen-bond donors (Lipinski definition) is 1. The Bertz CT molecular complexity index is 244. The standard InChI is InChI=1S/C9H10OS/c1-3-4-5-6-9(11-2)7-8-10/h7,10H,8H2,1-2H3/b9-7-. The van der Waals surface area contributed by atoms with Gasteiger partial charge in [-0.3, -0.25) is 0 Å². The molecule has 0 saturated heterocycles. The van der Waals surface area contributed by atoms with E-state index in [1.807, 2.05) is 6.26 Å². The zero-order valence-corrected chi connectivity index (χ0v) is 7.46. The number of hydrogen-bond acceptors (Lipinski definition) is 2. The van der Waals surface area contributed by atoms with Crippen LogP contribution < -0.4 is 0 Å². The lowest BCUT2D eigenvalue weighted by atomic mass is 10.5. The molecule has 0 radical (unpaired) electrons. The molecule has 0 aromatic heterocycles. The monoisotopic (exact) mass is 166 g/mol. The Labute approximate surface area is 71.9 Å². The Balaban J connectivity index is 4.18. The lowest BCUT2D eigenvalue weighted by Gasteiger charge is -1.88. The molecule has 0 spiro atoms. The molecule has 0 aliphatic carbocycles. The Morgan fingerprint density at radius 2 is 2.27 bits per heavy atom. The number of aliphatic hydroxyl groups is 1. The molecule has 0 aliphatic rings. The van der Waals surface area contributed by atoms with E-state index in [2.05, 4.69) is 23.7 Å². The molecule has 0 fully saturated rings. The van der Waals surface area contributed by atoms with Crippen LogP contribution in [0, 0.1) is 23.7 Å². The van der Waals surface area contributed by atoms with Crippen LogP contribution in [-0.4, -0.2) is 18.0 Å². The molecule has 0 saturated carbocycles. The lowest BCUT2D eigenvalue weighted by Crippen LogP contribution is -1.76. The van der Waals surface area contributed by atoms with Crippen LogP contribution >= 0.6 is 11.8 Å². The topological polar surface area (TPSA) is 20.2 Å². The molecule has 0 atom stereocenters. The molecule has 0 rings (SSSR count). The third-order valence-corrected chi connectivity index (χ3v) is 1.58. The molecule has 0 aromatic rings. The van der Waals surface area contributed by atoms with Crippen molar-refractivity contribution in [3.05, 3.63) is 11.0 Å². The molecule has 0 unspecified atom stereocenters. The summed E-state index contributed by atoms with van der Waals surface area (Å²) < 4.78 is 0. The molecule has 1 nitrogen and oxygen atoms in total. The minimum absolute atomic E-state index is 0.0321. The zero-order chi connectivity index (χ0) is 8.53. The Kier molecular flexibility index (Phi) is 6.73. The summed E-state index contributed by atoms with van der Waals surface area (Å²) in [5.41, 5.74) is 0. The van der Waals surface area contributed by atoms with Crippen LogP contribution in [0.1, 0.15) is 6.92 Å². The summed E-state index contributed by atoms with van der Waals surface area (Å²) in [6, 6.07) is 0. The highest BCUT2D eigenvalue weighted by molar-refractivity contribution is 8.02. The second-order valence-corrected chi connectivity index (χ2v) is 2.43. The van der Waals surface area contributed by atoms with Gasteiger partial charge in [0.1, 0.15) is 0 Å². The van der Waals surface area contributed by atoms with Crippen molar-refractivity contribution in [1.29, 1.82) is 0 Å². The number of allylic oxidation sites excluding steroid dienone is 1. The molecular formula is C9H10OS. The van der Waals surface area contributed by atoms with Gasteiger partial charge in [-0.2, -0.15) is 0 Å². The smallest absolute Gasteiger partial charge is 0.0632 e. The highest BCUT2D eigenvalue weighted by Gasteiger charge is 1.84. The first-order valence-electron chi connectivity index (χ1n) is 3.13. The van der Waals surface area contributed by atoms with E-state index in [9.17, 15) is 0 Å². The van der Waals surface area contributed by atoms with E-state index >= 15 is 0 Å². The van der Waals surface area contributed by atoms with Crippen LogP contribution in [0.4, 0.5) is 0 Å². The fraction of sp³-hybridized carbons (Fsp3) is 0.333. The summed E-state index contributed by atoms with van der Waals surface area (Å²) in [5.74, 6) is 10.8. The van der Waals surface area contributed by atoms with E-state index in [-0.39, 0.29) is 6.61 Å². The average Bonchev–Trinajstić information content (AvgIpc) is 2.03.